The highest BCUT2D eigenvalue weighted by Crippen LogP contribution is 2.06. The van der Waals surface area contributed by atoms with Crippen molar-refractivity contribution in [1.82, 2.24) is 4.98 Å². The Balaban J connectivity index is 2.28. The third-order valence-corrected chi connectivity index (χ3v) is 1.42. The molecule has 0 atom stereocenters. The van der Waals surface area contributed by atoms with Gasteiger partial charge in [-0.3, -0.25) is 4.98 Å². The van der Waals surface area contributed by atoms with Gasteiger partial charge in [-0.25, -0.2) is 0 Å². The van der Waals surface area contributed by atoms with E-state index in [1.54, 1.807) is 12.4 Å². The van der Waals surface area contributed by atoms with Crippen LogP contribution in [-0.2, 0) is 0 Å². The first-order valence-electron chi connectivity index (χ1n) is 3.96. The van der Waals surface area contributed by atoms with Crippen LogP contribution in [0.2, 0.25) is 0 Å². The smallest absolute Gasteiger partial charge is 0.122 e. The molecule has 0 aromatic carbocycles. The fraction of sp³-hybridized carbons (Fsp3) is 0.444. The summed E-state index contributed by atoms with van der Waals surface area (Å²) in [5.74, 6) is 0.911. The summed E-state index contributed by atoms with van der Waals surface area (Å²) in [7, 11) is 0. The molecule has 2 heteroatoms. The van der Waals surface area contributed by atoms with Gasteiger partial charge < -0.3 is 4.74 Å². The summed E-state index contributed by atoms with van der Waals surface area (Å²) < 4.78 is 5.41. The number of pyridine rings is 1. The predicted molar refractivity (Wildman–Crippen MR) is 44.6 cm³/mol. The zero-order valence-corrected chi connectivity index (χ0v) is 6.79. The average molecular weight is 151 g/mol. The highest BCUT2D eigenvalue weighted by atomic mass is 16.5. The van der Waals surface area contributed by atoms with Crippen molar-refractivity contribution in [3.63, 3.8) is 0 Å². The molecule has 0 spiro atoms. The number of hydrogen-bond donors (Lipinski definition) is 0. The molecular weight excluding hydrogens is 138 g/mol. The van der Waals surface area contributed by atoms with Crippen LogP contribution >= 0.6 is 0 Å². The summed E-state index contributed by atoms with van der Waals surface area (Å²) >= 11 is 0. The minimum Gasteiger partial charge on any atom is -0.493 e. The van der Waals surface area contributed by atoms with Crippen molar-refractivity contribution in [3.05, 3.63) is 24.5 Å². The lowest BCUT2D eigenvalue weighted by atomic mass is 10.3. The minimum absolute atomic E-state index is 0.806. The quantitative estimate of drug-likeness (QED) is 0.616. The van der Waals surface area contributed by atoms with Crippen molar-refractivity contribution in [3.8, 4) is 5.75 Å². The number of hydrogen-bond acceptors (Lipinski definition) is 2. The summed E-state index contributed by atoms with van der Waals surface area (Å²) in [5.41, 5.74) is 0. The molecule has 0 unspecified atom stereocenters. The normalized spacial score (nSPS) is 9.55. The molecule has 0 aliphatic heterocycles. The van der Waals surface area contributed by atoms with Crippen LogP contribution in [0.5, 0.6) is 5.75 Å². The van der Waals surface area contributed by atoms with Crippen LogP contribution < -0.4 is 4.74 Å². The van der Waals surface area contributed by atoms with E-state index in [4.69, 9.17) is 4.74 Å². The Kier molecular flexibility index (Phi) is 3.45. The Morgan fingerprint density at radius 1 is 1.36 bits per heavy atom. The maximum atomic E-state index is 5.41. The van der Waals surface area contributed by atoms with Crippen molar-refractivity contribution in [2.24, 2.45) is 0 Å². The van der Waals surface area contributed by atoms with Crippen molar-refractivity contribution in [1.29, 1.82) is 0 Å². The van der Waals surface area contributed by atoms with E-state index < -0.39 is 0 Å². The summed E-state index contributed by atoms with van der Waals surface area (Å²) in [5, 5.41) is 0. The standard InChI is InChI=1S/C9H13NO/c1-2-3-8-11-9-4-6-10-7-5-9/h4-7H,2-3,8H2,1H3. The van der Waals surface area contributed by atoms with Gasteiger partial charge in [-0.2, -0.15) is 0 Å². The predicted octanol–water partition coefficient (Wildman–Crippen LogP) is 2.26. The van der Waals surface area contributed by atoms with E-state index in [1.165, 1.54) is 6.42 Å². The van der Waals surface area contributed by atoms with E-state index in [0.29, 0.717) is 0 Å². The molecule has 1 aromatic rings. The second kappa shape index (κ2) is 4.72. The lowest BCUT2D eigenvalue weighted by Crippen LogP contribution is -1.95. The maximum Gasteiger partial charge on any atom is 0.122 e. The van der Waals surface area contributed by atoms with Gasteiger partial charge in [-0.15, -0.1) is 0 Å². The van der Waals surface area contributed by atoms with Gasteiger partial charge in [-0.05, 0) is 18.6 Å². The second-order valence-corrected chi connectivity index (χ2v) is 2.38. The third kappa shape index (κ3) is 3.03. The molecule has 1 aromatic heterocycles. The fourth-order valence-electron chi connectivity index (χ4n) is 0.769. The van der Waals surface area contributed by atoms with Gasteiger partial charge in [0.1, 0.15) is 5.75 Å². The van der Waals surface area contributed by atoms with Crippen LogP contribution in [0.25, 0.3) is 0 Å². The Morgan fingerprint density at radius 3 is 2.73 bits per heavy atom. The van der Waals surface area contributed by atoms with Gasteiger partial charge >= 0.3 is 0 Å². The summed E-state index contributed by atoms with van der Waals surface area (Å²) in [6, 6.07) is 3.74. The molecule has 0 saturated heterocycles. The van der Waals surface area contributed by atoms with Gasteiger partial charge in [0.05, 0.1) is 6.61 Å². The molecule has 0 fully saturated rings. The summed E-state index contributed by atoms with van der Waals surface area (Å²) in [4.78, 5) is 3.89. The van der Waals surface area contributed by atoms with E-state index in [9.17, 15) is 0 Å². The van der Waals surface area contributed by atoms with E-state index in [0.717, 1.165) is 18.8 Å². The van der Waals surface area contributed by atoms with E-state index >= 15 is 0 Å². The molecule has 0 radical (unpaired) electrons. The van der Waals surface area contributed by atoms with Crippen molar-refractivity contribution in [2.45, 2.75) is 19.8 Å². The molecule has 0 amide bonds. The topological polar surface area (TPSA) is 22.1 Å². The van der Waals surface area contributed by atoms with Gasteiger partial charge in [0, 0.05) is 12.4 Å². The molecule has 1 heterocycles. The van der Waals surface area contributed by atoms with Crippen LogP contribution in [0.4, 0.5) is 0 Å². The first-order chi connectivity index (χ1) is 5.43. The third-order valence-electron chi connectivity index (χ3n) is 1.42. The van der Waals surface area contributed by atoms with Crippen LogP contribution in [0, 0.1) is 0 Å². The SMILES string of the molecule is CCCCOc1ccncc1. The Hall–Kier alpha value is -1.05. The maximum absolute atomic E-state index is 5.41. The van der Waals surface area contributed by atoms with Crippen molar-refractivity contribution >= 4 is 0 Å². The fourth-order valence-corrected chi connectivity index (χ4v) is 0.769. The van der Waals surface area contributed by atoms with E-state index in [2.05, 4.69) is 11.9 Å². The average Bonchev–Trinajstić information content (AvgIpc) is 2.07. The Morgan fingerprint density at radius 2 is 2.09 bits per heavy atom. The molecule has 0 aliphatic carbocycles. The number of rotatable bonds is 4. The van der Waals surface area contributed by atoms with Gasteiger partial charge in [-0.1, -0.05) is 13.3 Å². The largest absolute Gasteiger partial charge is 0.493 e. The monoisotopic (exact) mass is 151 g/mol. The molecule has 0 saturated carbocycles. The molecule has 2 nitrogen and oxygen atoms in total. The molecular formula is C9H13NO. The van der Waals surface area contributed by atoms with Gasteiger partial charge in [0.15, 0.2) is 0 Å². The Labute approximate surface area is 67.2 Å². The number of unbranched alkanes of at least 4 members (excludes halogenated alkanes) is 1. The second-order valence-electron chi connectivity index (χ2n) is 2.38. The van der Waals surface area contributed by atoms with Crippen LogP contribution in [0.3, 0.4) is 0 Å². The highest BCUT2D eigenvalue weighted by Gasteiger charge is 1.88. The molecule has 11 heavy (non-hydrogen) atoms. The van der Waals surface area contributed by atoms with E-state index in [-0.39, 0.29) is 0 Å². The number of nitrogens with zero attached hydrogens (tertiary/aromatic N) is 1. The van der Waals surface area contributed by atoms with Gasteiger partial charge in [0.2, 0.25) is 0 Å². The lowest BCUT2D eigenvalue weighted by molar-refractivity contribution is 0.309. The van der Waals surface area contributed by atoms with E-state index in [1.807, 2.05) is 12.1 Å². The van der Waals surface area contributed by atoms with Crippen molar-refractivity contribution in [2.75, 3.05) is 6.61 Å². The summed E-state index contributed by atoms with van der Waals surface area (Å²) in [6.07, 6.45) is 5.76. The zero-order valence-electron chi connectivity index (χ0n) is 6.79. The lowest BCUT2D eigenvalue weighted by Gasteiger charge is -2.02. The first kappa shape index (κ1) is 8.05. The van der Waals surface area contributed by atoms with Crippen LogP contribution in [0.1, 0.15) is 19.8 Å². The molecule has 60 valence electrons. The van der Waals surface area contributed by atoms with Crippen LogP contribution in [0.15, 0.2) is 24.5 Å². The minimum atomic E-state index is 0.806. The molecule has 0 N–H and O–H groups in total. The highest BCUT2D eigenvalue weighted by molar-refractivity contribution is 5.16. The van der Waals surface area contributed by atoms with Crippen LogP contribution in [-0.4, -0.2) is 11.6 Å². The number of ether oxygens (including phenoxy) is 1. The molecule has 1 rings (SSSR count). The van der Waals surface area contributed by atoms with Crippen molar-refractivity contribution < 1.29 is 4.74 Å². The number of aromatic nitrogens is 1. The first-order valence-corrected chi connectivity index (χ1v) is 3.96. The molecule has 0 aliphatic rings. The van der Waals surface area contributed by atoms with Gasteiger partial charge in [0.25, 0.3) is 0 Å². The molecule has 0 bridgehead atoms. The Bertz CT molecular complexity index is 186. The zero-order chi connectivity index (χ0) is 7.94. The summed E-state index contributed by atoms with van der Waals surface area (Å²) in [6.45, 7) is 2.95.